The van der Waals surface area contributed by atoms with E-state index in [1.54, 1.807) is 10.8 Å². The van der Waals surface area contributed by atoms with Gasteiger partial charge in [0.2, 0.25) is 0 Å². The highest BCUT2D eigenvalue weighted by molar-refractivity contribution is 7.95. The predicted molar refractivity (Wildman–Crippen MR) is 104 cm³/mol. The quantitative estimate of drug-likeness (QED) is 0.748. The van der Waals surface area contributed by atoms with Gasteiger partial charge in [0.1, 0.15) is 5.82 Å². The van der Waals surface area contributed by atoms with E-state index in [0.29, 0.717) is 5.82 Å². The largest absolute Gasteiger partial charge is 0.263 e. The summed E-state index contributed by atoms with van der Waals surface area (Å²) in [5.74, 6) is 0.543. The van der Waals surface area contributed by atoms with Crippen LogP contribution in [0, 0.1) is 0 Å². The number of aryl methyl sites for hydroxylation is 1. The van der Waals surface area contributed by atoms with Crippen molar-refractivity contribution in [1.29, 1.82) is 0 Å². The number of hydrogen-bond donors (Lipinski definition) is 1. The number of anilines is 1. The van der Waals surface area contributed by atoms with Crippen LogP contribution in [0.15, 0.2) is 66.1 Å². The Labute approximate surface area is 153 Å². The minimum atomic E-state index is -3.65. The minimum absolute atomic E-state index is 0.543. The first-order valence-electron chi connectivity index (χ1n) is 8.54. The summed E-state index contributed by atoms with van der Waals surface area (Å²) in [5, 5.41) is 5.83. The summed E-state index contributed by atoms with van der Waals surface area (Å²) >= 11 is 0. The Hall–Kier alpha value is -2.86. The third-order valence-electron chi connectivity index (χ3n) is 4.39. The highest BCUT2D eigenvalue weighted by atomic mass is 32.2. The van der Waals surface area contributed by atoms with Crippen LogP contribution in [0.5, 0.6) is 0 Å². The number of benzene rings is 2. The monoisotopic (exact) mass is 365 g/mol. The van der Waals surface area contributed by atoms with Crippen LogP contribution < -0.4 is 4.72 Å². The fraction of sp³-hybridized carbons (Fsp3) is 0.150. The van der Waals surface area contributed by atoms with E-state index >= 15 is 0 Å². The molecule has 132 valence electrons. The van der Waals surface area contributed by atoms with Crippen LogP contribution >= 0.6 is 0 Å². The van der Waals surface area contributed by atoms with Crippen molar-refractivity contribution in [2.45, 2.75) is 19.3 Å². The first-order valence-corrected chi connectivity index (χ1v) is 10.1. The van der Waals surface area contributed by atoms with E-state index in [1.807, 2.05) is 60.7 Å². The lowest BCUT2D eigenvalue weighted by molar-refractivity contribution is 0.609. The van der Waals surface area contributed by atoms with Crippen LogP contribution in [0.2, 0.25) is 0 Å². The lowest BCUT2D eigenvalue weighted by Crippen LogP contribution is -2.14. The van der Waals surface area contributed by atoms with E-state index in [4.69, 9.17) is 0 Å². The molecular weight excluding hydrogens is 346 g/mol. The van der Waals surface area contributed by atoms with Gasteiger partial charge in [0.05, 0.1) is 16.8 Å². The van der Waals surface area contributed by atoms with Gasteiger partial charge < -0.3 is 0 Å². The minimum Gasteiger partial charge on any atom is -0.263 e. The molecule has 1 aromatic heterocycles. The fourth-order valence-electron chi connectivity index (χ4n) is 3.15. The molecule has 26 heavy (non-hydrogen) atoms. The molecule has 3 aromatic rings. The molecule has 0 saturated heterocycles. The Kier molecular flexibility index (Phi) is 4.34. The summed E-state index contributed by atoms with van der Waals surface area (Å²) in [6.07, 6.45) is 4.31. The Balaban J connectivity index is 1.68. The van der Waals surface area contributed by atoms with Gasteiger partial charge in [0.25, 0.3) is 10.0 Å². The first kappa shape index (κ1) is 16.6. The van der Waals surface area contributed by atoms with E-state index < -0.39 is 10.0 Å². The van der Waals surface area contributed by atoms with Crippen molar-refractivity contribution < 1.29 is 8.42 Å². The molecule has 0 atom stereocenters. The summed E-state index contributed by atoms with van der Waals surface area (Å²) < 4.78 is 29.6. The normalized spacial score (nSPS) is 13.8. The van der Waals surface area contributed by atoms with Gasteiger partial charge in [-0.3, -0.25) is 4.72 Å². The highest BCUT2D eigenvalue weighted by Gasteiger charge is 2.25. The molecule has 0 spiro atoms. The standard InChI is InChI=1S/C20H19N3O2S/c24-26(25,15-14-16-8-3-1-4-9-16)22-20-18-12-7-13-19(18)21-23(20)17-10-5-2-6-11-17/h1-6,8-11,14-15,22H,7,12-13H2. The van der Waals surface area contributed by atoms with Crippen molar-refractivity contribution in [1.82, 2.24) is 9.78 Å². The molecule has 0 amide bonds. The number of nitrogens with zero attached hydrogens (tertiary/aromatic N) is 2. The van der Waals surface area contributed by atoms with Crippen LogP contribution in [-0.2, 0) is 22.9 Å². The van der Waals surface area contributed by atoms with Gasteiger partial charge in [-0.1, -0.05) is 48.5 Å². The van der Waals surface area contributed by atoms with Gasteiger partial charge >= 0.3 is 0 Å². The molecule has 6 heteroatoms. The Morgan fingerprint density at radius 1 is 0.962 bits per heavy atom. The van der Waals surface area contributed by atoms with Gasteiger partial charge in [-0.05, 0) is 43.0 Å². The van der Waals surface area contributed by atoms with E-state index in [2.05, 4.69) is 9.82 Å². The van der Waals surface area contributed by atoms with Gasteiger partial charge in [0.15, 0.2) is 0 Å². The maximum Gasteiger partial charge on any atom is 0.256 e. The maximum absolute atomic E-state index is 12.6. The number of nitrogens with one attached hydrogen (secondary N) is 1. The molecule has 4 rings (SSSR count). The topological polar surface area (TPSA) is 64.0 Å². The Morgan fingerprint density at radius 3 is 2.38 bits per heavy atom. The number of sulfonamides is 1. The van der Waals surface area contributed by atoms with Crippen LogP contribution in [0.1, 0.15) is 23.2 Å². The van der Waals surface area contributed by atoms with E-state index in [-0.39, 0.29) is 0 Å². The second-order valence-corrected chi connectivity index (χ2v) is 7.80. The maximum atomic E-state index is 12.6. The van der Waals surface area contributed by atoms with Crippen molar-refractivity contribution >= 4 is 21.9 Å². The van der Waals surface area contributed by atoms with E-state index in [0.717, 1.165) is 41.8 Å². The lowest BCUT2D eigenvalue weighted by atomic mass is 10.2. The summed E-state index contributed by atoms with van der Waals surface area (Å²) in [7, 11) is -3.65. The molecule has 5 nitrogen and oxygen atoms in total. The third-order valence-corrected chi connectivity index (χ3v) is 5.36. The van der Waals surface area contributed by atoms with Gasteiger partial charge in [-0.2, -0.15) is 5.10 Å². The average molecular weight is 365 g/mol. The van der Waals surface area contributed by atoms with Crippen LogP contribution in [-0.4, -0.2) is 18.2 Å². The Morgan fingerprint density at radius 2 is 1.65 bits per heavy atom. The van der Waals surface area contributed by atoms with Gasteiger partial charge in [-0.15, -0.1) is 0 Å². The fourth-order valence-corrected chi connectivity index (χ4v) is 4.04. The Bertz CT molecular complexity index is 1040. The summed E-state index contributed by atoms with van der Waals surface area (Å²) in [6, 6.07) is 18.9. The number of para-hydroxylation sites is 1. The summed E-state index contributed by atoms with van der Waals surface area (Å²) in [6.45, 7) is 0. The molecule has 0 unspecified atom stereocenters. The molecule has 2 aromatic carbocycles. The molecule has 1 heterocycles. The van der Waals surface area contributed by atoms with Gasteiger partial charge in [0, 0.05) is 5.56 Å². The SMILES string of the molecule is O=S(=O)(C=Cc1ccccc1)Nc1c2c(nn1-c1ccccc1)CCC2. The smallest absolute Gasteiger partial charge is 0.256 e. The number of aromatic nitrogens is 2. The molecule has 0 radical (unpaired) electrons. The second kappa shape index (κ2) is 6.80. The molecular formula is C20H19N3O2S. The van der Waals surface area contributed by atoms with Crippen LogP contribution in [0.25, 0.3) is 11.8 Å². The first-order chi connectivity index (χ1) is 12.6. The number of hydrogen-bond acceptors (Lipinski definition) is 3. The van der Waals surface area contributed by atoms with E-state index in [1.165, 1.54) is 5.41 Å². The molecule has 1 aliphatic rings. The van der Waals surface area contributed by atoms with Crippen LogP contribution in [0.3, 0.4) is 0 Å². The molecule has 0 bridgehead atoms. The lowest BCUT2D eigenvalue weighted by Gasteiger charge is -2.10. The zero-order valence-corrected chi connectivity index (χ0v) is 15.0. The van der Waals surface area contributed by atoms with Crippen molar-refractivity contribution in [2.75, 3.05) is 4.72 Å². The van der Waals surface area contributed by atoms with Crippen LogP contribution in [0.4, 0.5) is 5.82 Å². The predicted octanol–water partition coefficient (Wildman–Crippen LogP) is 3.77. The summed E-state index contributed by atoms with van der Waals surface area (Å²) in [5.41, 5.74) is 3.63. The zero-order chi connectivity index (χ0) is 18.0. The molecule has 1 N–H and O–H groups in total. The molecule has 0 fully saturated rings. The van der Waals surface area contributed by atoms with Crippen molar-refractivity contribution in [2.24, 2.45) is 0 Å². The van der Waals surface area contributed by atoms with Gasteiger partial charge in [-0.25, -0.2) is 13.1 Å². The second-order valence-electron chi connectivity index (χ2n) is 6.24. The highest BCUT2D eigenvalue weighted by Crippen LogP contribution is 2.31. The van der Waals surface area contributed by atoms with E-state index in [9.17, 15) is 8.42 Å². The molecule has 0 saturated carbocycles. The average Bonchev–Trinajstić information content (AvgIpc) is 3.24. The number of fused-ring (bicyclic) bond motifs is 1. The third kappa shape index (κ3) is 3.41. The van der Waals surface area contributed by atoms with Crippen molar-refractivity contribution in [3.8, 4) is 5.69 Å². The summed E-state index contributed by atoms with van der Waals surface area (Å²) in [4.78, 5) is 0. The molecule has 0 aliphatic heterocycles. The molecule has 1 aliphatic carbocycles. The van der Waals surface area contributed by atoms with Crippen molar-refractivity contribution in [3.05, 3.63) is 82.9 Å². The van der Waals surface area contributed by atoms with Crippen molar-refractivity contribution in [3.63, 3.8) is 0 Å². The zero-order valence-electron chi connectivity index (χ0n) is 14.2. The number of rotatable bonds is 5.